The van der Waals surface area contributed by atoms with Gasteiger partial charge in [-0.15, -0.1) is 0 Å². The molecule has 2 rings (SSSR count). The normalized spacial score (nSPS) is 10.6. The van der Waals surface area contributed by atoms with Crippen molar-refractivity contribution < 1.29 is 9.13 Å². The Morgan fingerprint density at radius 3 is 2.52 bits per heavy atom. The zero-order valence-electron chi connectivity index (χ0n) is 12.0. The molecule has 0 saturated carbocycles. The molecule has 2 nitrogen and oxygen atoms in total. The van der Waals surface area contributed by atoms with Gasteiger partial charge >= 0.3 is 0 Å². The largest absolute Gasteiger partial charge is 0.488 e. The summed E-state index contributed by atoms with van der Waals surface area (Å²) in [6.45, 7) is 4.48. The molecule has 0 heterocycles. The van der Waals surface area contributed by atoms with Gasteiger partial charge in [0.15, 0.2) is 0 Å². The molecule has 0 aliphatic rings. The molecule has 2 aromatic rings. The summed E-state index contributed by atoms with van der Waals surface area (Å²) in [5.74, 6) is 0.217. The molecule has 0 saturated heterocycles. The van der Waals surface area contributed by atoms with Crippen molar-refractivity contribution in [2.45, 2.75) is 26.5 Å². The third-order valence-corrected chi connectivity index (χ3v) is 3.72. The Hall–Kier alpha value is -1.39. The lowest BCUT2D eigenvalue weighted by Gasteiger charge is -2.09. The van der Waals surface area contributed by atoms with E-state index in [1.165, 1.54) is 17.7 Å². The maximum Gasteiger partial charge on any atom is 0.136 e. The van der Waals surface area contributed by atoms with E-state index in [-0.39, 0.29) is 5.82 Å². The number of halogens is 2. The van der Waals surface area contributed by atoms with Crippen LogP contribution in [0.3, 0.4) is 0 Å². The van der Waals surface area contributed by atoms with E-state index in [0.717, 1.165) is 29.5 Å². The average Bonchev–Trinajstić information content (AvgIpc) is 2.50. The molecular formula is C17H19BrFNO. The maximum atomic E-state index is 13.2. The van der Waals surface area contributed by atoms with Crippen LogP contribution in [0.1, 0.15) is 24.5 Å². The second-order valence-electron chi connectivity index (χ2n) is 4.86. The predicted molar refractivity (Wildman–Crippen MR) is 86.9 cm³/mol. The summed E-state index contributed by atoms with van der Waals surface area (Å²) in [5, 5.41) is 3.36. The van der Waals surface area contributed by atoms with Crippen molar-refractivity contribution in [2.75, 3.05) is 6.54 Å². The van der Waals surface area contributed by atoms with E-state index < -0.39 is 0 Å². The highest BCUT2D eigenvalue weighted by Crippen LogP contribution is 2.26. The van der Waals surface area contributed by atoms with Crippen LogP contribution in [0.2, 0.25) is 0 Å². The number of benzene rings is 2. The standard InChI is InChI=1S/C17H19BrFNO/c1-2-9-20-11-13-3-5-14(6-4-13)12-21-17-10-15(19)7-8-16(17)18/h3-8,10,20H,2,9,11-12H2,1H3. The molecular weight excluding hydrogens is 333 g/mol. The molecule has 4 heteroatoms. The van der Waals surface area contributed by atoms with Gasteiger partial charge in [0.1, 0.15) is 18.2 Å². The van der Waals surface area contributed by atoms with E-state index >= 15 is 0 Å². The summed E-state index contributed by atoms with van der Waals surface area (Å²) in [5.41, 5.74) is 2.31. The molecule has 0 aromatic heterocycles. The van der Waals surface area contributed by atoms with E-state index in [9.17, 15) is 4.39 Å². The summed E-state index contributed by atoms with van der Waals surface area (Å²) in [7, 11) is 0. The fourth-order valence-corrected chi connectivity index (χ4v) is 2.27. The molecule has 112 valence electrons. The third-order valence-electron chi connectivity index (χ3n) is 3.07. The van der Waals surface area contributed by atoms with Gasteiger partial charge in [0.25, 0.3) is 0 Å². The highest BCUT2D eigenvalue weighted by atomic mass is 79.9. The summed E-state index contributed by atoms with van der Waals surface area (Å²) >= 11 is 3.35. The van der Waals surface area contributed by atoms with Crippen LogP contribution in [0.25, 0.3) is 0 Å². The zero-order chi connectivity index (χ0) is 15.1. The monoisotopic (exact) mass is 351 g/mol. The number of rotatable bonds is 7. The van der Waals surface area contributed by atoms with Crippen LogP contribution in [-0.4, -0.2) is 6.54 Å². The van der Waals surface area contributed by atoms with Gasteiger partial charge in [-0.3, -0.25) is 0 Å². The minimum absolute atomic E-state index is 0.300. The Morgan fingerprint density at radius 2 is 1.81 bits per heavy atom. The van der Waals surface area contributed by atoms with Crippen molar-refractivity contribution in [3.05, 3.63) is 63.9 Å². The van der Waals surface area contributed by atoms with E-state index in [0.29, 0.717) is 12.4 Å². The fourth-order valence-electron chi connectivity index (χ4n) is 1.91. The van der Waals surface area contributed by atoms with Gasteiger partial charge < -0.3 is 10.1 Å². The molecule has 2 aromatic carbocycles. The zero-order valence-corrected chi connectivity index (χ0v) is 13.6. The Kier molecular flexibility index (Phi) is 6.21. The highest BCUT2D eigenvalue weighted by Gasteiger charge is 2.03. The second kappa shape index (κ2) is 8.15. The van der Waals surface area contributed by atoms with Crippen molar-refractivity contribution in [1.29, 1.82) is 0 Å². The molecule has 0 amide bonds. The Morgan fingerprint density at radius 1 is 1.10 bits per heavy atom. The van der Waals surface area contributed by atoms with Crippen LogP contribution >= 0.6 is 15.9 Å². The lowest BCUT2D eigenvalue weighted by molar-refractivity contribution is 0.302. The third kappa shape index (κ3) is 5.14. The molecule has 0 spiro atoms. The first-order chi connectivity index (χ1) is 10.2. The summed E-state index contributed by atoms with van der Waals surface area (Å²) < 4.78 is 19.6. The Balaban J connectivity index is 1.90. The van der Waals surface area contributed by atoms with Gasteiger partial charge in [-0.25, -0.2) is 4.39 Å². The Bertz CT molecular complexity index is 572. The van der Waals surface area contributed by atoms with Gasteiger partial charge in [0, 0.05) is 12.6 Å². The number of hydrogen-bond donors (Lipinski definition) is 1. The fraction of sp³-hybridized carbons (Fsp3) is 0.294. The summed E-state index contributed by atoms with van der Waals surface area (Å²) in [6.07, 6.45) is 1.13. The van der Waals surface area contributed by atoms with Crippen molar-refractivity contribution in [2.24, 2.45) is 0 Å². The molecule has 0 atom stereocenters. The average molecular weight is 352 g/mol. The number of hydrogen-bond acceptors (Lipinski definition) is 2. The smallest absolute Gasteiger partial charge is 0.136 e. The van der Waals surface area contributed by atoms with Crippen molar-refractivity contribution >= 4 is 15.9 Å². The molecule has 0 aliphatic carbocycles. The van der Waals surface area contributed by atoms with Crippen LogP contribution in [0, 0.1) is 5.82 Å². The van der Waals surface area contributed by atoms with Crippen LogP contribution in [-0.2, 0) is 13.2 Å². The van der Waals surface area contributed by atoms with Gasteiger partial charge in [0.05, 0.1) is 4.47 Å². The first-order valence-electron chi connectivity index (χ1n) is 7.05. The molecule has 0 aliphatic heterocycles. The van der Waals surface area contributed by atoms with Crippen molar-refractivity contribution in [3.63, 3.8) is 0 Å². The molecule has 0 unspecified atom stereocenters. The minimum atomic E-state index is -0.300. The van der Waals surface area contributed by atoms with Gasteiger partial charge in [-0.2, -0.15) is 0 Å². The molecule has 21 heavy (non-hydrogen) atoms. The number of nitrogens with one attached hydrogen (secondary N) is 1. The predicted octanol–water partition coefficient (Wildman–Crippen LogP) is 4.67. The Labute approximate surface area is 133 Å². The van der Waals surface area contributed by atoms with Crippen molar-refractivity contribution in [1.82, 2.24) is 5.32 Å². The van der Waals surface area contributed by atoms with E-state index in [2.05, 4.69) is 40.3 Å². The van der Waals surface area contributed by atoms with Crippen LogP contribution in [0.5, 0.6) is 5.75 Å². The maximum absolute atomic E-state index is 13.2. The minimum Gasteiger partial charge on any atom is -0.488 e. The first kappa shape index (κ1) is 16.0. The molecule has 0 bridgehead atoms. The van der Waals surface area contributed by atoms with E-state index in [4.69, 9.17) is 4.74 Å². The van der Waals surface area contributed by atoms with Gasteiger partial charge in [0.2, 0.25) is 0 Å². The van der Waals surface area contributed by atoms with Crippen LogP contribution < -0.4 is 10.1 Å². The van der Waals surface area contributed by atoms with Gasteiger partial charge in [-0.1, -0.05) is 31.2 Å². The number of ether oxygens (including phenoxy) is 1. The molecule has 0 radical (unpaired) electrons. The SMILES string of the molecule is CCCNCc1ccc(COc2cc(F)ccc2Br)cc1. The van der Waals surface area contributed by atoms with Crippen molar-refractivity contribution in [3.8, 4) is 5.75 Å². The first-order valence-corrected chi connectivity index (χ1v) is 7.84. The van der Waals surface area contributed by atoms with Gasteiger partial charge in [-0.05, 0) is 52.2 Å². The lowest BCUT2D eigenvalue weighted by Crippen LogP contribution is -2.13. The lowest BCUT2D eigenvalue weighted by atomic mass is 10.1. The second-order valence-corrected chi connectivity index (χ2v) is 5.71. The highest BCUT2D eigenvalue weighted by molar-refractivity contribution is 9.10. The van der Waals surface area contributed by atoms with Crippen LogP contribution in [0.4, 0.5) is 4.39 Å². The van der Waals surface area contributed by atoms with E-state index in [1.54, 1.807) is 6.07 Å². The summed E-state index contributed by atoms with van der Waals surface area (Å²) in [6, 6.07) is 12.7. The topological polar surface area (TPSA) is 21.3 Å². The molecule has 1 N–H and O–H groups in total. The van der Waals surface area contributed by atoms with Crippen LogP contribution in [0.15, 0.2) is 46.9 Å². The van der Waals surface area contributed by atoms with E-state index in [1.807, 2.05) is 12.1 Å². The quantitative estimate of drug-likeness (QED) is 0.732. The summed E-state index contributed by atoms with van der Waals surface area (Å²) in [4.78, 5) is 0. The molecule has 0 fully saturated rings.